The van der Waals surface area contributed by atoms with E-state index in [1.807, 2.05) is 60.7 Å². The Morgan fingerprint density at radius 3 is 2.35 bits per heavy atom. The van der Waals surface area contributed by atoms with Crippen LogP contribution in [0.5, 0.6) is 0 Å². The molecule has 1 aliphatic rings. The molecule has 0 radical (unpaired) electrons. The summed E-state index contributed by atoms with van der Waals surface area (Å²) in [5.41, 5.74) is 3.85. The second kappa shape index (κ2) is 9.32. The Hall–Kier alpha value is -3.16. The first kappa shape index (κ1) is 21.1. The van der Waals surface area contributed by atoms with E-state index < -0.39 is 5.97 Å². The summed E-state index contributed by atoms with van der Waals surface area (Å²) in [6.07, 6.45) is 3.78. The van der Waals surface area contributed by atoms with Gasteiger partial charge < -0.3 is 9.52 Å². The van der Waals surface area contributed by atoms with Crippen molar-refractivity contribution in [3.05, 3.63) is 77.6 Å². The molecule has 0 spiro atoms. The predicted molar refractivity (Wildman–Crippen MR) is 126 cm³/mol. The number of nitrogens with zero attached hydrogens (tertiary/aromatic N) is 1. The fourth-order valence-corrected chi connectivity index (χ4v) is 4.69. The first-order valence-electron chi connectivity index (χ1n) is 9.74. The summed E-state index contributed by atoms with van der Waals surface area (Å²) in [6.45, 7) is 0.285. The predicted octanol–water partition coefficient (Wildman–Crippen LogP) is 5.68. The fourth-order valence-electron chi connectivity index (χ4n) is 3.41. The maximum atomic E-state index is 12.9. The Bertz CT molecular complexity index is 1150. The van der Waals surface area contributed by atoms with E-state index in [9.17, 15) is 9.59 Å². The van der Waals surface area contributed by atoms with Crippen molar-refractivity contribution in [2.24, 2.45) is 0 Å². The van der Waals surface area contributed by atoms with E-state index >= 15 is 0 Å². The number of benzene rings is 2. The van der Waals surface area contributed by atoms with Crippen LogP contribution < -0.4 is 0 Å². The molecule has 1 aromatic heterocycles. The maximum absolute atomic E-state index is 12.9. The molecular weight excluding hydrogens is 430 g/mol. The lowest BCUT2D eigenvalue weighted by atomic mass is 9.96. The number of hydrogen-bond donors (Lipinski definition) is 1. The van der Waals surface area contributed by atoms with Gasteiger partial charge in [0.05, 0.1) is 11.2 Å². The number of thiocarbonyl (C=S) groups is 1. The van der Waals surface area contributed by atoms with Crippen LogP contribution in [0.15, 0.2) is 76.2 Å². The van der Waals surface area contributed by atoms with Crippen LogP contribution in [0.3, 0.4) is 0 Å². The van der Waals surface area contributed by atoms with Crippen molar-refractivity contribution in [2.45, 2.75) is 12.8 Å². The van der Waals surface area contributed by atoms with Gasteiger partial charge in [-0.2, -0.15) is 0 Å². The molecule has 1 amide bonds. The van der Waals surface area contributed by atoms with Gasteiger partial charge in [-0.05, 0) is 17.5 Å². The summed E-state index contributed by atoms with van der Waals surface area (Å²) in [5, 5.41) is 8.84. The summed E-state index contributed by atoms with van der Waals surface area (Å²) in [7, 11) is 0. The normalized spacial score (nSPS) is 15.1. The molecule has 4 rings (SSSR count). The number of carboxylic acids is 1. The molecule has 3 aromatic rings. The number of aliphatic carboxylic acids is 1. The van der Waals surface area contributed by atoms with Crippen LogP contribution >= 0.6 is 24.0 Å². The van der Waals surface area contributed by atoms with Crippen molar-refractivity contribution in [1.29, 1.82) is 0 Å². The minimum atomic E-state index is -0.891. The molecular formula is C24H19NO4S2. The highest BCUT2D eigenvalue weighted by molar-refractivity contribution is 8.26. The lowest BCUT2D eigenvalue weighted by Crippen LogP contribution is -2.29. The van der Waals surface area contributed by atoms with E-state index in [1.54, 1.807) is 12.3 Å². The third-order valence-electron chi connectivity index (χ3n) is 4.87. The summed E-state index contributed by atoms with van der Waals surface area (Å²) in [6, 6.07) is 19.8. The van der Waals surface area contributed by atoms with E-state index in [0.29, 0.717) is 21.4 Å². The third kappa shape index (κ3) is 4.62. The molecule has 7 heteroatoms. The molecule has 1 aliphatic heterocycles. The first-order valence-corrected chi connectivity index (χ1v) is 11.0. The molecule has 156 valence electrons. The number of carboxylic acid groups (broad SMARTS) is 1. The molecule has 2 heterocycles. The summed E-state index contributed by atoms with van der Waals surface area (Å²) in [4.78, 5) is 25.6. The summed E-state index contributed by atoms with van der Waals surface area (Å²) >= 11 is 6.55. The third-order valence-corrected chi connectivity index (χ3v) is 6.25. The molecule has 2 aromatic carbocycles. The summed E-state index contributed by atoms with van der Waals surface area (Å²) in [5.74, 6) is -0.536. The molecule has 31 heavy (non-hydrogen) atoms. The minimum absolute atomic E-state index is 0.00706. The van der Waals surface area contributed by atoms with Gasteiger partial charge in [0.2, 0.25) is 0 Å². The second-order valence-electron chi connectivity index (χ2n) is 6.95. The van der Waals surface area contributed by atoms with Gasteiger partial charge >= 0.3 is 5.97 Å². The lowest BCUT2D eigenvalue weighted by molar-refractivity contribution is -0.137. The van der Waals surface area contributed by atoms with E-state index in [-0.39, 0.29) is 18.9 Å². The van der Waals surface area contributed by atoms with E-state index in [4.69, 9.17) is 21.7 Å². The van der Waals surface area contributed by atoms with Gasteiger partial charge in [0.1, 0.15) is 10.1 Å². The van der Waals surface area contributed by atoms with Crippen molar-refractivity contribution >= 4 is 46.3 Å². The molecule has 1 saturated heterocycles. The average Bonchev–Trinajstić information content (AvgIpc) is 3.31. The largest absolute Gasteiger partial charge is 0.481 e. The van der Waals surface area contributed by atoms with E-state index in [0.717, 1.165) is 22.3 Å². The Labute approximate surface area is 189 Å². The molecule has 0 atom stereocenters. The van der Waals surface area contributed by atoms with Gasteiger partial charge in [-0.15, -0.1) is 0 Å². The fraction of sp³-hybridized carbons (Fsp3) is 0.125. The average molecular weight is 450 g/mol. The van der Waals surface area contributed by atoms with E-state index in [1.165, 1.54) is 16.7 Å². The zero-order chi connectivity index (χ0) is 21.8. The first-order chi connectivity index (χ1) is 15.0. The molecule has 0 unspecified atom stereocenters. The number of rotatable bonds is 7. The van der Waals surface area contributed by atoms with Crippen LogP contribution in [0.4, 0.5) is 0 Å². The van der Waals surface area contributed by atoms with Gasteiger partial charge in [-0.3, -0.25) is 14.5 Å². The van der Waals surface area contributed by atoms with Gasteiger partial charge in [-0.1, -0.05) is 84.6 Å². The molecule has 0 bridgehead atoms. The molecule has 1 fully saturated rings. The summed E-state index contributed by atoms with van der Waals surface area (Å²) < 4.78 is 6.34. The Balaban J connectivity index is 1.70. The van der Waals surface area contributed by atoms with Crippen LogP contribution in [0.1, 0.15) is 18.6 Å². The van der Waals surface area contributed by atoms with Crippen molar-refractivity contribution in [1.82, 2.24) is 4.90 Å². The molecule has 0 aliphatic carbocycles. The van der Waals surface area contributed by atoms with Crippen LogP contribution in [0.25, 0.3) is 28.3 Å². The zero-order valence-electron chi connectivity index (χ0n) is 16.5. The quantitative estimate of drug-likeness (QED) is 0.370. The highest BCUT2D eigenvalue weighted by atomic mass is 32.2. The highest BCUT2D eigenvalue weighted by Crippen LogP contribution is 2.40. The van der Waals surface area contributed by atoms with Crippen molar-refractivity contribution in [3.8, 4) is 22.3 Å². The highest BCUT2D eigenvalue weighted by Gasteiger charge is 2.32. The Kier molecular flexibility index (Phi) is 6.34. The number of carbonyl (C=O) groups is 2. The van der Waals surface area contributed by atoms with Gasteiger partial charge in [-0.25, -0.2) is 0 Å². The van der Waals surface area contributed by atoms with Crippen molar-refractivity contribution < 1.29 is 19.1 Å². The maximum Gasteiger partial charge on any atom is 0.303 e. The topological polar surface area (TPSA) is 70.8 Å². The number of carbonyl (C=O) groups excluding carboxylic acids is 1. The second-order valence-corrected chi connectivity index (χ2v) is 8.63. The molecule has 0 saturated carbocycles. The monoisotopic (exact) mass is 449 g/mol. The standard InChI is InChI=1S/C24H19NO4S2/c26-21(27)12-7-13-25-23(28)20(31-24(25)30)14-19-22(17-10-5-2-6-11-17)18(15-29-19)16-8-3-1-4-9-16/h1-6,8-11,14-15H,7,12-13H2,(H,26,27)/b20-14-. The zero-order valence-corrected chi connectivity index (χ0v) is 18.1. The lowest BCUT2D eigenvalue weighted by Gasteiger charge is -2.13. The number of amides is 1. The van der Waals surface area contributed by atoms with E-state index in [2.05, 4.69) is 0 Å². The smallest absolute Gasteiger partial charge is 0.303 e. The van der Waals surface area contributed by atoms with Crippen molar-refractivity contribution in [2.75, 3.05) is 6.54 Å². The van der Waals surface area contributed by atoms with Crippen LogP contribution in [-0.2, 0) is 9.59 Å². The number of furan rings is 1. The van der Waals surface area contributed by atoms with Gasteiger partial charge in [0.15, 0.2) is 0 Å². The van der Waals surface area contributed by atoms with Crippen LogP contribution in [0.2, 0.25) is 0 Å². The van der Waals surface area contributed by atoms with Crippen LogP contribution in [-0.4, -0.2) is 32.7 Å². The SMILES string of the molecule is O=C(O)CCCN1C(=O)/C(=C/c2occ(-c3ccccc3)c2-c2ccccc2)SC1=S. The number of hydrogen-bond acceptors (Lipinski definition) is 5. The molecule has 5 nitrogen and oxygen atoms in total. The van der Waals surface area contributed by atoms with Gasteiger partial charge in [0.25, 0.3) is 5.91 Å². The van der Waals surface area contributed by atoms with Crippen molar-refractivity contribution in [3.63, 3.8) is 0 Å². The van der Waals surface area contributed by atoms with Gasteiger partial charge in [0, 0.05) is 30.2 Å². The Morgan fingerprint density at radius 2 is 1.71 bits per heavy atom. The Morgan fingerprint density at radius 1 is 1.06 bits per heavy atom. The number of thioether (sulfide) groups is 1. The molecule has 1 N–H and O–H groups in total. The minimum Gasteiger partial charge on any atom is -0.481 e. The van der Waals surface area contributed by atoms with Crippen LogP contribution in [0, 0.1) is 0 Å².